The van der Waals surface area contributed by atoms with Crippen LogP contribution < -0.4 is 10.0 Å². The number of rotatable bonds is 6. The van der Waals surface area contributed by atoms with Crippen LogP contribution in [-0.4, -0.2) is 56.6 Å². The smallest absolute Gasteiger partial charge is 0.407 e. The van der Waals surface area contributed by atoms with E-state index < -0.39 is 21.7 Å². The average Bonchev–Trinajstić information content (AvgIpc) is 3.08. The van der Waals surface area contributed by atoms with E-state index in [-0.39, 0.29) is 24.9 Å². The first kappa shape index (κ1) is 21.6. The van der Waals surface area contributed by atoms with Crippen molar-refractivity contribution in [3.63, 3.8) is 0 Å². The Hall–Kier alpha value is -1.65. The molecule has 2 heterocycles. The number of piperidine rings is 1. The fraction of sp³-hybridized carbons (Fsp3) is 0.647. The predicted octanol–water partition coefficient (Wildman–Crippen LogP) is 1.93. The van der Waals surface area contributed by atoms with Crippen molar-refractivity contribution in [1.82, 2.24) is 14.9 Å². The molecule has 0 spiro atoms. The zero-order valence-corrected chi connectivity index (χ0v) is 17.5. The lowest BCUT2D eigenvalue weighted by Crippen LogP contribution is -2.47. The Bertz CT molecular complexity index is 733. The number of thiophene rings is 1. The molecule has 27 heavy (non-hydrogen) atoms. The highest BCUT2D eigenvalue weighted by atomic mass is 32.2. The van der Waals surface area contributed by atoms with Gasteiger partial charge < -0.3 is 15.0 Å². The zero-order valence-electron chi connectivity index (χ0n) is 15.9. The van der Waals surface area contributed by atoms with Gasteiger partial charge in [-0.1, -0.05) is 6.07 Å². The van der Waals surface area contributed by atoms with Gasteiger partial charge in [-0.2, -0.15) is 0 Å². The van der Waals surface area contributed by atoms with E-state index in [0.29, 0.717) is 30.1 Å². The first-order chi connectivity index (χ1) is 12.6. The van der Waals surface area contributed by atoms with Crippen LogP contribution in [0.2, 0.25) is 0 Å². The van der Waals surface area contributed by atoms with Crippen LogP contribution in [0.5, 0.6) is 0 Å². The molecule has 10 heteroatoms. The molecule has 1 aromatic heterocycles. The van der Waals surface area contributed by atoms with Crippen LogP contribution in [0, 0.1) is 0 Å². The number of nitrogens with one attached hydrogen (secondary N) is 2. The minimum absolute atomic E-state index is 0.0642. The summed E-state index contributed by atoms with van der Waals surface area (Å²) in [5.41, 5.74) is -0.577. The van der Waals surface area contributed by atoms with Gasteiger partial charge in [0.25, 0.3) is 0 Å². The molecule has 0 unspecified atom stereocenters. The number of sulfonamides is 1. The molecule has 1 aliphatic rings. The molecule has 0 aliphatic carbocycles. The fourth-order valence-corrected chi connectivity index (χ4v) is 5.00. The van der Waals surface area contributed by atoms with Crippen LogP contribution in [0.4, 0.5) is 4.79 Å². The standard InChI is InChI=1S/C17H27N3O5S2/c1-17(2,3)25-16(22)18-9-6-14(21)20-10-7-13(8-11-20)19-27(23,24)15-5-4-12-26-15/h4-5,12-13,19H,6-11H2,1-3H3,(H,18,22). The SMILES string of the molecule is CC(C)(C)OC(=O)NCCC(=O)N1CCC(NS(=O)(=O)c2cccs2)CC1. The minimum Gasteiger partial charge on any atom is -0.444 e. The molecule has 2 rings (SSSR count). The van der Waals surface area contributed by atoms with E-state index >= 15 is 0 Å². The van der Waals surface area contributed by atoms with Gasteiger partial charge in [0.1, 0.15) is 9.81 Å². The molecule has 0 bridgehead atoms. The van der Waals surface area contributed by atoms with E-state index in [2.05, 4.69) is 10.0 Å². The summed E-state index contributed by atoms with van der Waals surface area (Å²) in [6, 6.07) is 3.09. The summed E-state index contributed by atoms with van der Waals surface area (Å²) in [6.45, 7) is 6.50. The van der Waals surface area contributed by atoms with Crippen molar-refractivity contribution in [2.24, 2.45) is 0 Å². The van der Waals surface area contributed by atoms with E-state index in [0.717, 1.165) is 0 Å². The van der Waals surface area contributed by atoms with E-state index in [1.165, 1.54) is 11.3 Å². The Kier molecular flexibility index (Phi) is 7.24. The number of alkyl carbamates (subject to hydrolysis) is 1. The van der Waals surface area contributed by atoms with Gasteiger partial charge in [-0.25, -0.2) is 17.9 Å². The van der Waals surface area contributed by atoms with Crippen molar-refractivity contribution in [3.05, 3.63) is 17.5 Å². The Morgan fingerprint density at radius 2 is 1.96 bits per heavy atom. The summed E-state index contributed by atoms with van der Waals surface area (Å²) < 4.78 is 32.6. The highest BCUT2D eigenvalue weighted by Gasteiger charge is 2.27. The topological polar surface area (TPSA) is 105 Å². The predicted molar refractivity (Wildman–Crippen MR) is 103 cm³/mol. The van der Waals surface area contributed by atoms with Gasteiger partial charge in [0.2, 0.25) is 15.9 Å². The lowest BCUT2D eigenvalue weighted by molar-refractivity contribution is -0.132. The molecule has 8 nitrogen and oxygen atoms in total. The van der Waals surface area contributed by atoms with Crippen LogP contribution in [0.15, 0.2) is 21.7 Å². The number of carbonyl (C=O) groups excluding carboxylic acids is 2. The van der Waals surface area contributed by atoms with E-state index in [4.69, 9.17) is 4.74 Å². The molecule has 0 aromatic carbocycles. The maximum atomic E-state index is 12.2. The number of hydrogen-bond donors (Lipinski definition) is 2. The Morgan fingerprint density at radius 3 is 2.52 bits per heavy atom. The van der Waals surface area contributed by atoms with Crippen molar-refractivity contribution in [1.29, 1.82) is 0 Å². The summed E-state index contributed by atoms with van der Waals surface area (Å²) in [4.78, 5) is 25.5. The largest absolute Gasteiger partial charge is 0.444 e. The maximum Gasteiger partial charge on any atom is 0.407 e. The molecule has 2 amide bonds. The summed E-state index contributed by atoms with van der Waals surface area (Å²) in [7, 11) is -3.49. The normalized spacial score (nSPS) is 16.2. The van der Waals surface area contributed by atoms with Crippen LogP contribution in [-0.2, 0) is 19.6 Å². The molecule has 2 N–H and O–H groups in total. The third kappa shape index (κ3) is 7.11. The maximum absolute atomic E-state index is 12.2. The number of hydrogen-bond acceptors (Lipinski definition) is 6. The van der Waals surface area contributed by atoms with E-state index in [1.807, 2.05) is 0 Å². The second kappa shape index (κ2) is 9.03. The van der Waals surface area contributed by atoms with Gasteiger partial charge in [-0.15, -0.1) is 11.3 Å². The number of ether oxygens (including phenoxy) is 1. The Labute approximate surface area is 164 Å². The van der Waals surface area contributed by atoms with Gasteiger partial charge in [0.15, 0.2) is 0 Å². The molecular formula is C17H27N3O5S2. The summed E-state index contributed by atoms with van der Waals surface area (Å²) in [5.74, 6) is -0.0642. The third-order valence-electron chi connectivity index (χ3n) is 3.94. The van der Waals surface area contributed by atoms with Crippen molar-refractivity contribution >= 4 is 33.4 Å². The zero-order chi connectivity index (χ0) is 20.1. The van der Waals surface area contributed by atoms with Crippen molar-refractivity contribution < 1.29 is 22.7 Å². The quantitative estimate of drug-likeness (QED) is 0.736. The molecular weight excluding hydrogens is 390 g/mol. The van der Waals surface area contributed by atoms with Gasteiger partial charge in [-0.3, -0.25) is 4.79 Å². The van der Waals surface area contributed by atoms with Gasteiger partial charge in [0.05, 0.1) is 0 Å². The third-order valence-corrected chi connectivity index (χ3v) is 6.85. The molecule has 0 atom stereocenters. The van der Waals surface area contributed by atoms with Crippen molar-refractivity contribution in [3.8, 4) is 0 Å². The van der Waals surface area contributed by atoms with Crippen molar-refractivity contribution in [2.45, 2.75) is 55.9 Å². The lowest BCUT2D eigenvalue weighted by atomic mass is 10.1. The van der Waals surface area contributed by atoms with Crippen LogP contribution in [0.1, 0.15) is 40.0 Å². The molecule has 0 radical (unpaired) electrons. The lowest BCUT2D eigenvalue weighted by Gasteiger charge is -2.32. The fourth-order valence-electron chi connectivity index (χ4n) is 2.68. The van der Waals surface area contributed by atoms with Crippen LogP contribution >= 0.6 is 11.3 Å². The Balaban J connectivity index is 1.70. The molecule has 0 saturated carbocycles. The summed E-state index contributed by atoms with van der Waals surface area (Å²) >= 11 is 1.18. The molecule has 1 saturated heterocycles. The summed E-state index contributed by atoms with van der Waals surface area (Å²) in [6.07, 6.45) is 0.772. The van der Waals surface area contributed by atoms with Gasteiger partial charge >= 0.3 is 6.09 Å². The second-order valence-electron chi connectivity index (χ2n) is 7.39. The first-order valence-corrected chi connectivity index (χ1v) is 11.2. The molecule has 1 aromatic rings. The Morgan fingerprint density at radius 1 is 1.30 bits per heavy atom. The number of likely N-dealkylation sites (tertiary alicyclic amines) is 1. The summed E-state index contributed by atoms with van der Waals surface area (Å²) in [5, 5.41) is 4.29. The molecule has 1 aliphatic heterocycles. The molecule has 1 fully saturated rings. The van der Waals surface area contributed by atoms with E-state index in [9.17, 15) is 18.0 Å². The first-order valence-electron chi connectivity index (χ1n) is 8.87. The van der Waals surface area contributed by atoms with Crippen molar-refractivity contribution in [2.75, 3.05) is 19.6 Å². The van der Waals surface area contributed by atoms with Gasteiger partial charge in [0, 0.05) is 32.1 Å². The second-order valence-corrected chi connectivity index (χ2v) is 10.3. The number of carbonyl (C=O) groups is 2. The van der Waals surface area contributed by atoms with Crippen LogP contribution in [0.3, 0.4) is 0 Å². The highest BCUT2D eigenvalue weighted by Crippen LogP contribution is 2.19. The number of nitrogens with zero attached hydrogens (tertiary/aromatic N) is 1. The highest BCUT2D eigenvalue weighted by molar-refractivity contribution is 7.91. The molecule has 152 valence electrons. The van der Waals surface area contributed by atoms with Crippen LogP contribution in [0.25, 0.3) is 0 Å². The monoisotopic (exact) mass is 417 g/mol. The van der Waals surface area contributed by atoms with E-state index in [1.54, 1.807) is 43.2 Å². The minimum atomic E-state index is -3.49. The average molecular weight is 418 g/mol. The van der Waals surface area contributed by atoms with Gasteiger partial charge in [-0.05, 0) is 45.1 Å². The number of amides is 2.